The molecule has 1 aromatic heterocycles. The second-order valence-electron chi connectivity index (χ2n) is 4.24. The number of benzene rings is 1. The number of pyridine rings is 1. The average Bonchev–Trinajstić information content (AvgIpc) is 2.44. The molecule has 0 aliphatic heterocycles. The maximum absolute atomic E-state index is 8.79. The molecule has 96 valence electrons. The first-order valence-corrected chi connectivity index (χ1v) is 6.15. The molecule has 4 heteroatoms. The van der Waals surface area contributed by atoms with Gasteiger partial charge in [-0.2, -0.15) is 5.26 Å². The van der Waals surface area contributed by atoms with Crippen molar-refractivity contribution >= 4 is 17.2 Å². The van der Waals surface area contributed by atoms with Crippen LogP contribution >= 0.6 is 0 Å². The van der Waals surface area contributed by atoms with Crippen LogP contribution in [0.5, 0.6) is 0 Å². The van der Waals surface area contributed by atoms with E-state index >= 15 is 0 Å². The van der Waals surface area contributed by atoms with E-state index in [1.807, 2.05) is 54.3 Å². The van der Waals surface area contributed by atoms with Crippen LogP contribution in [0.4, 0.5) is 17.2 Å². The number of hydrogen-bond donors (Lipinski definition) is 1. The summed E-state index contributed by atoms with van der Waals surface area (Å²) in [6.07, 6.45) is 0.444. The van der Waals surface area contributed by atoms with Crippen LogP contribution in [0.2, 0.25) is 0 Å². The number of nitriles is 1. The molecule has 2 aromatic rings. The van der Waals surface area contributed by atoms with Gasteiger partial charge in [-0.3, -0.25) is 0 Å². The summed E-state index contributed by atoms with van der Waals surface area (Å²) >= 11 is 0. The van der Waals surface area contributed by atoms with Gasteiger partial charge in [0, 0.05) is 12.2 Å². The van der Waals surface area contributed by atoms with E-state index in [2.05, 4.69) is 11.1 Å². The molecule has 19 heavy (non-hydrogen) atoms. The van der Waals surface area contributed by atoms with E-state index in [9.17, 15) is 0 Å². The molecule has 0 saturated heterocycles. The lowest BCUT2D eigenvalue weighted by molar-refractivity contribution is 0.922. The lowest BCUT2D eigenvalue weighted by Crippen LogP contribution is -2.19. The molecule has 0 radical (unpaired) electrons. The SMILES string of the molecule is Cc1nc(N(CCC#N)c2ccccc2)ccc1N. The Hall–Kier alpha value is -2.54. The summed E-state index contributed by atoms with van der Waals surface area (Å²) in [6, 6.07) is 15.8. The molecule has 0 saturated carbocycles. The molecule has 2 N–H and O–H groups in total. The van der Waals surface area contributed by atoms with Crippen molar-refractivity contribution in [3.8, 4) is 6.07 Å². The Morgan fingerprint density at radius 2 is 1.95 bits per heavy atom. The summed E-state index contributed by atoms with van der Waals surface area (Å²) in [5, 5.41) is 8.79. The van der Waals surface area contributed by atoms with Gasteiger partial charge in [0.1, 0.15) is 5.82 Å². The highest BCUT2D eigenvalue weighted by atomic mass is 15.2. The second-order valence-corrected chi connectivity index (χ2v) is 4.24. The topological polar surface area (TPSA) is 65.9 Å². The van der Waals surface area contributed by atoms with Crippen LogP contribution in [0.1, 0.15) is 12.1 Å². The van der Waals surface area contributed by atoms with E-state index in [0.29, 0.717) is 18.7 Å². The Labute approximate surface area is 113 Å². The minimum atomic E-state index is 0.444. The maximum Gasteiger partial charge on any atom is 0.133 e. The van der Waals surface area contributed by atoms with Crippen LogP contribution in [-0.2, 0) is 0 Å². The van der Waals surface area contributed by atoms with Gasteiger partial charge < -0.3 is 10.6 Å². The minimum absolute atomic E-state index is 0.444. The van der Waals surface area contributed by atoms with Crippen molar-refractivity contribution in [1.29, 1.82) is 5.26 Å². The molecule has 2 rings (SSSR count). The van der Waals surface area contributed by atoms with Gasteiger partial charge in [-0.15, -0.1) is 0 Å². The highest BCUT2D eigenvalue weighted by molar-refractivity contribution is 5.62. The van der Waals surface area contributed by atoms with Crippen molar-refractivity contribution in [3.63, 3.8) is 0 Å². The third kappa shape index (κ3) is 3.02. The van der Waals surface area contributed by atoms with E-state index in [1.165, 1.54) is 0 Å². The maximum atomic E-state index is 8.79. The summed E-state index contributed by atoms with van der Waals surface area (Å²) in [6.45, 7) is 2.49. The Morgan fingerprint density at radius 3 is 2.58 bits per heavy atom. The van der Waals surface area contributed by atoms with Gasteiger partial charge in [0.2, 0.25) is 0 Å². The third-order valence-corrected chi connectivity index (χ3v) is 2.90. The summed E-state index contributed by atoms with van der Waals surface area (Å²) in [5.41, 5.74) is 8.30. The number of nitrogen functional groups attached to an aromatic ring is 1. The monoisotopic (exact) mass is 252 g/mol. The largest absolute Gasteiger partial charge is 0.397 e. The van der Waals surface area contributed by atoms with Gasteiger partial charge in [0.15, 0.2) is 0 Å². The van der Waals surface area contributed by atoms with Gasteiger partial charge in [0.05, 0.1) is 23.9 Å². The summed E-state index contributed by atoms with van der Waals surface area (Å²) in [4.78, 5) is 6.52. The van der Waals surface area contributed by atoms with Crippen LogP contribution < -0.4 is 10.6 Å². The summed E-state index contributed by atoms with van der Waals surface area (Å²) in [7, 11) is 0. The van der Waals surface area contributed by atoms with E-state index in [4.69, 9.17) is 11.0 Å². The van der Waals surface area contributed by atoms with Crippen molar-refractivity contribution in [3.05, 3.63) is 48.2 Å². The Balaban J connectivity index is 2.37. The van der Waals surface area contributed by atoms with Crippen molar-refractivity contribution in [2.24, 2.45) is 0 Å². The van der Waals surface area contributed by atoms with Crippen LogP contribution in [0.25, 0.3) is 0 Å². The Bertz CT molecular complexity index is 587. The quantitative estimate of drug-likeness (QED) is 0.908. The smallest absolute Gasteiger partial charge is 0.133 e. The van der Waals surface area contributed by atoms with E-state index in [1.54, 1.807) is 0 Å². The highest BCUT2D eigenvalue weighted by Gasteiger charge is 2.10. The van der Waals surface area contributed by atoms with Crippen molar-refractivity contribution in [2.75, 3.05) is 17.2 Å². The first kappa shape index (κ1) is 12.9. The number of nitrogens with zero attached hydrogens (tertiary/aromatic N) is 3. The minimum Gasteiger partial charge on any atom is -0.397 e. The second kappa shape index (κ2) is 5.87. The van der Waals surface area contributed by atoms with Crippen LogP contribution in [0, 0.1) is 18.3 Å². The van der Waals surface area contributed by atoms with Crippen molar-refractivity contribution < 1.29 is 0 Å². The molecule has 1 aromatic carbocycles. The predicted octanol–water partition coefficient (Wildman–Crippen LogP) is 3.02. The first-order valence-electron chi connectivity index (χ1n) is 6.15. The number of hydrogen-bond acceptors (Lipinski definition) is 4. The molecule has 0 fully saturated rings. The molecule has 1 heterocycles. The zero-order valence-electron chi connectivity index (χ0n) is 10.9. The van der Waals surface area contributed by atoms with E-state index in [-0.39, 0.29) is 0 Å². The Morgan fingerprint density at radius 1 is 1.21 bits per heavy atom. The highest BCUT2D eigenvalue weighted by Crippen LogP contribution is 2.25. The lowest BCUT2D eigenvalue weighted by atomic mass is 10.2. The van der Waals surface area contributed by atoms with Gasteiger partial charge in [0.25, 0.3) is 0 Å². The van der Waals surface area contributed by atoms with Gasteiger partial charge in [-0.25, -0.2) is 4.98 Å². The van der Waals surface area contributed by atoms with E-state index < -0.39 is 0 Å². The number of aryl methyl sites for hydroxylation is 1. The van der Waals surface area contributed by atoms with Gasteiger partial charge >= 0.3 is 0 Å². The molecule has 0 bridgehead atoms. The molecular formula is C15H16N4. The van der Waals surface area contributed by atoms with Crippen LogP contribution in [0.3, 0.4) is 0 Å². The zero-order valence-corrected chi connectivity index (χ0v) is 10.9. The predicted molar refractivity (Wildman–Crippen MR) is 77.1 cm³/mol. The van der Waals surface area contributed by atoms with Crippen molar-refractivity contribution in [2.45, 2.75) is 13.3 Å². The van der Waals surface area contributed by atoms with E-state index in [0.717, 1.165) is 17.2 Å². The standard InChI is InChI=1S/C15H16N4/c1-12-14(17)8-9-15(18-12)19(11-5-10-16)13-6-3-2-4-7-13/h2-4,6-9H,5,11,17H2,1H3. The molecule has 4 nitrogen and oxygen atoms in total. The fourth-order valence-electron chi connectivity index (χ4n) is 1.85. The molecule has 0 amide bonds. The number of aromatic nitrogens is 1. The molecule has 0 spiro atoms. The van der Waals surface area contributed by atoms with Crippen molar-refractivity contribution in [1.82, 2.24) is 4.98 Å². The Kier molecular flexibility index (Phi) is 3.99. The molecular weight excluding hydrogens is 236 g/mol. The molecule has 0 aliphatic carbocycles. The average molecular weight is 252 g/mol. The lowest BCUT2D eigenvalue weighted by Gasteiger charge is -2.23. The summed E-state index contributed by atoms with van der Waals surface area (Å²) in [5.74, 6) is 0.813. The normalized spacial score (nSPS) is 9.89. The number of para-hydroxylation sites is 1. The fraction of sp³-hybridized carbons (Fsp3) is 0.200. The third-order valence-electron chi connectivity index (χ3n) is 2.90. The molecule has 0 unspecified atom stereocenters. The molecule has 0 atom stereocenters. The number of nitrogens with two attached hydrogens (primary N) is 1. The molecule has 0 aliphatic rings. The van der Waals surface area contributed by atoms with Gasteiger partial charge in [-0.1, -0.05) is 18.2 Å². The van der Waals surface area contributed by atoms with Crippen LogP contribution in [-0.4, -0.2) is 11.5 Å². The summed E-state index contributed by atoms with van der Waals surface area (Å²) < 4.78 is 0. The first-order chi connectivity index (χ1) is 9.22. The van der Waals surface area contributed by atoms with Crippen LogP contribution in [0.15, 0.2) is 42.5 Å². The number of anilines is 3. The number of rotatable bonds is 4. The van der Waals surface area contributed by atoms with Gasteiger partial charge in [-0.05, 0) is 31.2 Å². The zero-order chi connectivity index (χ0) is 13.7. The fourth-order valence-corrected chi connectivity index (χ4v) is 1.85.